The van der Waals surface area contributed by atoms with E-state index in [-0.39, 0.29) is 19.5 Å². The van der Waals surface area contributed by atoms with Gasteiger partial charge in [-0.05, 0) is 11.1 Å². The maximum absolute atomic E-state index is 12.6. The monoisotopic (exact) mass is 320 g/mol. The molecule has 0 aromatic heterocycles. The highest BCUT2D eigenvalue weighted by molar-refractivity contribution is 7.55. The normalized spacial score (nSPS) is 12.8. The molecule has 0 saturated heterocycles. The van der Waals surface area contributed by atoms with E-state index in [1.54, 1.807) is 24.3 Å². The molecule has 1 atom stereocenters. The Balaban J connectivity index is 2.03. The molecule has 0 aliphatic heterocycles. The summed E-state index contributed by atoms with van der Waals surface area (Å²) >= 11 is 0. The van der Waals surface area contributed by atoms with Crippen LogP contribution in [0.2, 0.25) is 0 Å². The van der Waals surface area contributed by atoms with Crippen LogP contribution in [-0.4, -0.2) is 17.2 Å². The van der Waals surface area contributed by atoms with E-state index in [1.807, 2.05) is 36.4 Å². The summed E-state index contributed by atoms with van der Waals surface area (Å²) in [5.41, 5.74) is 1.54. The number of aldehydes is 1. The minimum Gasteiger partial charge on any atom is -0.374 e. The number of carbonyl (C=O) groups is 1. The standard InChI is InChI=1S/C16H17O5P/c17-11-16(18)22(19,20-12-14-7-3-1-4-8-14)21-13-15-9-5-2-6-10-15/h1-11,16,18H,12-13H2. The summed E-state index contributed by atoms with van der Waals surface area (Å²) in [5, 5.41) is 9.65. The fraction of sp³-hybridized carbons (Fsp3) is 0.188. The third-order valence-corrected chi connectivity index (χ3v) is 4.70. The average molecular weight is 320 g/mol. The summed E-state index contributed by atoms with van der Waals surface area (Å²) in [5.74, 6) is -1.81. The van der Waals surface area contributed by atoms with Crippen LogP contribution in [-0.2, 0) is 31.6 Å². The Morgan fingerprint density at radius 1 is 0.909 bits per heavy atom. The Morgan fingerprint density at radius 2 is 1.32 bits per heavy atom. The van der Waals surface area contributed by atoms with Crippen LogP contribution in [0.3, 0.4) is 0 Å². The molecule has 0 aliphatic rings. The molecule has 0 saturated carbocycles. The van der Waals surface area contributed by atoms with E-state index in [0.717, 1.165) is 11.1 Å². The van der Waals surface area contributed by atoms with Gasteiger partial charge in [-0.3, -0.25) is 9.36 Å². The number of hydrogen-bond acceptors (Lipinski definition) is 5. The smallest absolute Gasteiger partial charge is 0.366 e. The Morgan fingerprint density at radius 3 is 1.68 bits per heavy atom. The number of carbonyl (C=O) groups excluding carboxylic acids is 1. The topological polar surface area (TPSA) is 72.8 Å². The summed E-state index contributed by atoms with van der Waals surface area (Å²) in [6, 6.07) is 18.1. The maximum atomic E-state index is 12.6. The van der Waals surface area contributed by atoms with Gasteiger partial charge < -0.3 is 14.2 Å². The quantitative estimate of drug-likeness (QED) is 0.597. The Labute approximate surface area is 129 Å². The van der Waals surface area contributed by atoms with Crippen LogP contribution in [0.25, 0.3) is 0 Å². The molecular weight excluding hydrogens is 303 g/mol. The molecule has 1 N–H and O–H groups in total. The van der Waals surface area contributed by atoms with Gasteiger partial charge in [0.15, 0.2) is 6.29 Å². The lowest BCUT2D eigenvalue weighted by molar-refractivity contribution is -0.112. The van der Waals surface area contributed by atoms with Crippen molar-refractivity contribution in [1.29, 1.82) is 0 Å². The highest BCUT2D eigenvalue weighted by Crippen LogP contribution is 2.52. The van der Waals surface area contributed by atoms with Crippen LogP contribution >= 0.6 is 7.60 Å². The first-order chi connectivity index (χ1) is 10.6. The molecule has 0 heterocycles. The van der Waals surface area contributed by atoms with Gasteiger partial charge in [-0.25, -0.2) is 0 Å². The van der Waals surface area contributed by atoms with Gasteiger partial charge in [0.2, 0.25) is 5.85 Å². The highest BCUT2D eigenvalue weighted by atomic mass is 31.2. The number of benzene rings is 2. The van der Waals surface area contributed by atoms with Crippen LogP contribution in [0.1, 0.15) is 11.1 Å². The summed E-state index contributed by atoms with van der Waals surface area (Å²) in [4.78, 5) is 10.8. The zero-order valence-corrected chi connectivity index (χ0v) is 12.8. The molecule has 0 radical (unpaired) electrons. The van der Waals surface area contributed by atoms with Crippen molar-refractivity contribution < 1.29 is 23.5 Å². The molecule has 0 bridgehead atoms. The second kappa shape index (κ2) is 8.01. The molecule has 0 aliphatic carbocycles. The predicted octanol–water partition coefficient (Wildman–Crippen LogP) is 3.13. The average Bonchev–Trinajstić information content (AvgIpc) is 2.59. The highest BCUT2D eigenvalue weighted by Gasteiger charge is 2.34. The molecule has 0 spiro atoms. The number of rotatable bonds is 8. The van der Waals surface area contributed by atoms with Gasteiger partial charge in [0.25, 0.3) is 0 Å². The molecule has 2 aromatic rings. The first-order valence-electron chi connectivity index (χ1n) is 6.74. The second-order valence-corrected chi connectivity index (χ2v) is 6.73. The van der Waals surface area contributed by atoms with Gasteiger partial charge in [0.05, 0.1) is 13.2 Å². The van der Waals surface area contributed by atoms with E-state index >= 15 is 0 Å². The van der Waals surface area contributed by atoms with E-state index in [0.29, 0.717) is 0 Å². The number of hydrogen-bond donors (Lipinski definition) is 1. The van der Waals surface area contributed by atoms with E-state index in [2.05, 4.69) is 0 Å². The number of aliphatic hydroxyl groups excluding tert-OH is 1. The Hall–Kier alpha value is -1.78. The van der Waals surface area contributed by atoms with E-state index < -0.39 is 13.4 Å². The minimum absolute atomic E-state index is 0.0161. The van der Waals surface area contributed by atoms with E-state index in [4.69, 9.17) is 9.05 Å². The van der Waals surface area contributed by atoms with Gasteiger partial charge in [-0.1, -0.05) is 60.7 Å². The van der Waals surface area contributed by atoms with Crippen molar-refractivity contribution in [2.24, 2.45) is 0 Å². The molecule has 116 valence electrons. The SMILES string of the molecule is O=CC(O)P(=O)(OCc1ccccc1)OCc1ccccc1. The lowest BCUT2D eigenvalue weighted by atomic mass is 10.2. The number of aliphatic hydroxyl groups is 1. The molecule has 2 rings (SSSR count). The van der Waals surface area contributed by atoms with Crippen LogP contribution in [0, 0.1) is 0 Å². The Bertz CT molecular complexity index is 582. The van der Waals surface area contributed by atoms with Crippen molar-refractivity contribution >= 4 is 13.9 Å². The van der Waals surface area contributed by atoms with Crippen LogP contribution in [0.5, 0.6) is 0 Å². The van der Waals surface area contributed by atoms with Crippen LogP contribution in [0.4, 0.5) is 0 Å². The van der Waals surface area contributed by atoms with Gasteiger partial charge >= 0.3 is 7.60 Å². The van der Waals surface area contributed by atoms with Crippen molar-refractivity contribution in [3.8, 4) is 0 Å². The minimum atomic E-state index is -3.95. The fourth-order valence-electron chi connectivity index (χ4n) is 1.74. The largest absolute Gasteiger partial charge is 0.374 e. The zero-order valence-electron chi connectivity index (χ0n) is 11.9. The molecule has 0 amide bonds. The van der Waals surface area contributed by atoms with Crippen molar-refractivity contribution in [2.45, 2.75) is 19.1 Å². The third-order valence-electron chi connectivity index (χ3n) is 2.95. The van der Waals surface area contributed by atoms with Crippen molar-refractivity contribution in [2.75, 3.05) is 0 Å². The van der Waals surface area contributed by atoms with E-state index in [9.17, 15) is 14.5 Å². The molecule has 5 nitrogen and oxygen atoms in total. The maximum Gasteiger partial charge on any atom is 0.366 e. The summed E-state index contributed by atoms with van der Waals surface area (Å²) in [6.45, 7) is -0.0321. The molecule has 6 heteroatoms. The molecule has 22 heavy (non-hydrogen) atoms. The molecule has 2 aromatic carbocycles. The summed E-state index contributed by atoms with van der Waals surface area (Å²) in [7, 11) is -3.95. The van der Waals surface area contributed by atoms with Gasteiger partial charge in [-0.2, -0.15) is 0 Å². The molecule has 0 fully saturated rings. The lowest BCUT2D eigenvalue weighted by Crippen LogP contribution is -2.14. The fourth-order valence-corrected chi connectivity index (χ4v) is 2.93. The lowest BCUT2D eigenvalue weighted by Gasteiger charge is -2.20. The van der Waals surface area contributed by atoms with Gasteiger partial charge in [-0.15, -0.1) is 0 Å². The van der Waals surface area contributed by atoms with Crippen molar-refractivity contribution in [3.05, 3.63) is 71.8 Å². The van der Waals surface area contributed by atoms with Crippen LogP contribution < -0.4 is 0 Å². The van der Waals surface area contributed by atoms with Crippen LogP contribution in [0.15, 0.2) is 60.7 Å². The molecule has 1 unspecified atom stereocenters. The Kier molecular flexibility index (Phi) is 6.04. The third kappa shape index (κ3) is 4.61. The van der Waals surface area contributed by atoms with Crippen molar-refractivity contribution in [3.63, 3.8) is 0 Å². The zero-order chi connectivity index (χ0) is 15.8. The second-order valence-electron chi connectivity index (χ2n) is 4.61. The summed E-state index contributed by atoms with van der Waals surface area (Å²) < 4.78 is 23.0. The van der Waals surface area contributed by atoms with E-state index in [1.165, 1.54) is 0 Å². The van der Waals surface area contributed by atoms with Gasteiger partial charge in [0.1, 0.15) is 0 Å². The van der Waals surface area contributed by atoms with Gasteiger partial charge in [0, 0.05) is 0 Å². The molecular formula is C16H17O5P. The van der Waals surface area contributed by atoms with Crippen molar-refractivity contribution in [1.82, 2.24) is 0 Å². The predicted molar refractivity (Wildman–Crippen MR) is 82.1 cm³/mol. The first kappa shape index (κ1) is 16.6. The first-order valence-corrected chi connectivity index (χ1v) is 8.35. The summed E-state index contributed by atoms with van der Waals surface area (Å²) in [6.07, 6.45) is 0.163.